The van der Waals surface area contributed by atoms with Crippen molar-refractivity contribution in [2.75, 3.05) is 13.2 Å². The van der Waals surface area contributed by atoms with Gasteiger partial charge in [0.25, 0.3) is 5.91 Å². The fraction of sp³-hybridized carbons (Fsp3) is 0.333. The van der Waals surface area contributed by atoms with E-state index >= 15 is 0 Å². The van der Waals surface area contributed by atoms with Crippen LogP contribution in [-0.4, -0.2) is 25.0 Å². The maximum Gasteiger partial charge on any atom is 0.310 e. The van der Waals surface area contributed by atoms with Crippen molar-refractivity contribution >= 4 is 11.9 Å². The molecule has 0 radical (unpaired) electrons. The van der Waals surface area contributed by atoms with Crippen molar-refractivity contribution in [1.29, 1.82) is 0 Å². The van der Waals surface area contributed by atoms with E-state index in [0.29, 0.717) is 0 Å². The van der Waals surface area contributed by atoms with E-state index in [1.807, 2.05) is 32.0 Å². The van der Waals surface area contributed by atoms with Gasteiger partial charge in [0, 0.05) is 0 Å². The second-order valence-corrected chi connectivity index (χ2v) is 4.24. The summed E-state index contributed by atoms with van der Waals surface area (Å²) >= 11 is 0. The van der Waals surface area contributed by atoms with Crippen molar-refractivity contribution in [1.82, 2.24) is 5.32 Å². The second kappa shape index (κ2) is 7.22. The van der Waals surface area contributed by atoms with E-state index in [0.717, 1.165) is 11.1 Å². The predicted octanol–water partition coefficient (Wildman–Crippen LogP) is 1.14. The lowest BCUT2D eigenvalue weighted by Gasteiger charge is -2.06. The third kappa shape index (κ3) is 5.26. The second-order valence-electron chi connectivity index (χ2n) is 4.24. The molecule has 100 valence electrons. The van der Waals surface area contributed by atoms with Gasteiger partial charge in [0.05, 0.1) is 13.0 Å². The van der Waals surface area contributed by atoms with Crippen LogP contribution >= 0.6 is 0 Å². The van der Waals surface area contributed by atoms with Crippen LogP contribution in [0.15, 0.2) is 18.2 Å². The quantitative estimate of drug-likeness (QED) is 0.637. The summed E-state index contributed by atoms with van der Waals surface area (Å²) in [6, 6.07) is 5.77. The maximum absolute atomic E-state index is 11.5. The fourth-order valence-corrected chi connectivity index (χ4v) is 1.48. The van der Waals surface area contributed by atoms with Gasteiger partial charge in [-0.1, -0.05) is 24.1 Å². The minimum atomic E-state index is -0.431. The zero-order valence-electron chi connectivity index (χ0n) is 11.2. The average Bonchev–Trinajstić information content (AvgIpc) is 2.38. The Labute approximate surface area is 113 Å². The van der Waals surface area contributed by atoms with E-state index in [9.17, 15) is 9.59 Å². The van der Waals surface area contributed by atoms with E-state index < -0.39 is 11.9 Å². The number of carbonyl (C=O) groups excluding carboxylic acids is 2. The Morgan fingerprint density at radius 3 is 2.68 bits per heavy atom. The van der Waals surface area contributed by atoms with Crippen molar-refractivity contribution in [3.8, 4) is 12.3 Å². The molecule has 1 aromatic rings. The van der Waals surface area contributed by atoms with Gasteiger partial charge in [-0.3, -0.25) is 9.59 Å². The molecule has 4 nitrogen and oxygen atoms in total. The fourth-order valence-electron chi connectivity index (χ4n) is 1.48. The van der Waals surface area contributed by atoms with E-state index in [1.54, 1.807) is 0 Å². The molecule has 0 aliphatic rings. The van der Waals surface area contributed by atoms with Crippen LogP contribution in [0, 0.1) is 26.2 Å². The molecule has 0 fully saturated rings. The van der Waals surface area contributed by atoms with Gasteiger partial charge < -0.3 is 10.1 Å². The summed E-state index contributed by atoms with van der Waals surface area (Å²) in [5.74, 6) is 1.44. The Kier molecular flexibility index (Phi) is 5.62. The van der Waals surface area contributed by atoms with Gasteiger partial charge in [-0.25, -0.2) is 0 Å². The molecule has 0 saturated heterocycles. The lowest BCUT2D eigenvalue weighted by molar-refractivity contribution is -0.147. The Bertz CT molecular complexity index is 515. The number of aryl methyl sites for hydroxylation is 2. The van der Waals surface area contributed by atoms with Crippen LogP contribution in [0.4, 0.5) is 0 Å². The summed E-state index contributed by atoms with van der Waals surface area (Å²) in [6.45, 7) is 3.82. The molecular formula is C15H17NO3. The molecule has 0 spiro atoms. The van der Waals surface area contributed by atoms with Crippen LogP contribution in [0.2, 0.25) is 0 Å². The molecule has 0 aliphatic heterocycles. The van der Waals surface area contributed by atoms with Crippen LogP contribution in [-0.2, 0) is 20.7 Å². The minimum absolute atomic E-state index is 0.132. The lowest BCUT2D eigenvalue weighted by Crippen LogP contribution is -2.29. The summed E-state index contributed by atoms with van der Waals surface area (Å²) in [4.78, 5) is 22.7. The molecule has 0 atom stereocenters. The summed E-state index contributed by atoms with van der Waals surface area (Å²) in [6.07, 6.45) is 5.15. The number of benzene rings is 1. The van der Waals surface area contributed by atoms with Crippen LogP contribution in [0.5, 0.6) is 0 Å². The third-order valence-electron chi connectivity index (χ3n) is 2.67. The molecule has 0 heterocycles. The molecule has 4 heteroatoms. The summed E-state index contributed by atoms with van der Waals surface area (Å²) < 4.78 is 4.86. The number of terminal acetylenes is 1. The molecule has 0 saturated carbocycles. The van der Waals surface area contributed by atoms with Crippen molar-refractivity contribution in [2.45, 2.75) is 20.3 Å². The van der Waals surface area contributed by atoms with Gasteiger partial charge in [0.2, 0.25) is 0 Å². The molecule has 1 amide bonds. The average molecular weight is 259 g/mol. The van der Waals surface area contributed by atoms with E-state index in [1.165, 1.54) is 5.56 Å². The van der Waals surface area contributed by atoms with E-state index in [2.05, 4.69) is 11.2 Å². The number of nitrogens with one attached hydrogen (secondary N) is 1. The predicted molar refractivity (Wildman–Crippen MR) is 72.4 cm³/mol. The smallest absolute Gasteiger partial charge is 0.310 e. The number of rotatable bonds is 5. The van der Waals surface area contributed by atoms with Crippen molar-refractivity contribution in [3.63, 3.8) is 0 Å². The number of amides is 1. The van der Waals surface area contributed by atoms with Crippen LogP contribution in [0.25, 0.3) is 0 Å². The monoisotopic (exact) mass is 259 g/mol. The number of carbonyl (C=O) groups is 2. The molecular weight excluding hydrogens is 242 g/mol. The van der Waals surface area contributed by atoms with Gasteiger partial charge in [-0.15, -0.1) is 6.42 Å². The number of hydrogen-bond acceptors (Lipinski definition) is 3. The SMILES string of the molecule is C#CCNC(=O)COC(=O)Cc1ccc(C)c(C)c1. The highest BCUT2D eigenvalue weighted by atomic mass is 16.5. The minimum Gasteiger partial charge on any atom is -0.455 e. The Balaban J connectivity index is 2.41. The molecule has 1 rings (SSSR count). The van der Waals surface area contributed by atoms with Gasteiger partial charge in [-0.05, 0) is 30.5 Å². The van der Waals surface area contributed by atoms with Gasteiger partial charge >= 0.3 is 5.97 Å². The Morgan fingerprint density at radius 2 is 2.05 bits per heavy atom. The van der Waals surface area contributed by atoms with Crippen LogP contribution < -0.4 is 5.32 Å². The summed E-state index contributed by atoms with van der Waals surface area (Å²) in [5.41, 5.74) is 3.17. The topological polar surface area (TPSA) is 55.4 Å². The summed E-state index contributed by atoms with van der Waals surface area (Å²) in [7, 11) is 0. The molecule has 19 heavy (non-hydrogen) atoms. The molecule has 1 aromatic carbocycles. The normalized spacial score (nSPS) is 9.53. The summed E-state index contributed by atoms with van der Waals surface area (Å²) in [5, 5.41) is 2.42. The maximum atomic E-state index is 11.5. The van der Waals surface area contributed by atoms with Crippen molar-refractivity contribution in [2.24, 2.45) is 0 Å². The van der Waals surface area contributed by atoms with Crippen molar-refractivity contribution < 1.29 is 14.3 Å². The molecule has 0 aliphatic carbocycles. The molecule has 0 aromatic heterocycles. The lowest BCUT2D eigenvalue weighted by atomic mass is 10.0. The first-order valence-corrected chi connectivity index (χ1v) is 5.95. The highest BCUT2D eigenvalue weighted by Gasteiger charge is 2.08. The highest BCUT2D eigenvalue weighted by molar-refractivity contribution is 5.81. The van der Waals surface area contributed by atoms with E-state index in [-0.39, 0.29) is 19.6 Å². The number of ether oxygens (including phenoxy) is 1. The molecule has 1 N–H and O–H groups in total. The largest absolute Gasteiger partial charge is 0.455 e. The highest BCUT2D eigenvalue weighted by Crippen LogP contribution is 2.10. The Morgan fingerprint density at radius 1 is 1.32 bits per heavy atom. The van der Waals surface area contributed by atoms with Crippen LogP contribution in [0.1, 0.15) is 16.7 Å². The van der Waals surface area contributed by atoms with Crippen molar-refractivity contribution in [3.05, 3.63) is 34.9 Å². The molecule has 0 unspecified atom stereocenters. The molecule has 0 bridgehead atoms. The first-order chi connectivity index (χ1) is 9.02. The van der Waals surface area contributed by atoms with Gasteiger partial charge in [0.15, 0.2) is 6.61 Å². The zero-order valence-corrected chi connectivity index (χ0v) is 11.2. The number of hydrogen-bond donors (Lipinski definition) is 1. The van der Waals surface area contributed by atoms with Gasteiger partial charge in [0.1, 0.15) is 0 Å². The van der Waals surface area contributed by atoms with Crippen LogP contribution in [0.3, 0.4) is 0 Å². The van der Waals surface area contributed by atoms with E-state index in [4.69, 9.17) is 11.2 Å². The number of esters is 1. The first kappa shape index (κ1) is 14.8. The first-order valence-electron chi connectivity index (χ1n) is 5.95. The third-order valence-corrected chi connectivity index (χ3v) is 2.67. The Hall–Kier alpha value is -2.28. The van der Waals surface area contributed by atoms with Gasteiger partial charge in [-0.2, -0.15) is 0 Å². The zero-order chi connectivity index (χ0) is 14.3. The standard InChI is InChI=1S/C15H17NO3/c1-4-7-16-14(17)10-19-15(18)9-13-6-5-11(2)12(3)8-13/h1,5-6,8H,7,9-10H2,2-3H3,(H,16,17).